The lowest BCUT2D eigenvalue weighted by atomic mass is 10.4. The monoisotopic (exact) mass is 327 g/mol. The van der Waals surface area contributed by atoms with Crippen LogP contribution in [0, 0.1) is 32.5 Å². The molecular weight excluding hydrogens is 310 g/mol. The van der Waals surface area contributed by atoms with Crippen LogP contribution in [0.3, 0.4) is 0 Å². The number of hydrogen-bond acceptors (Lipinski definition) is 6. The third-order valence-electron chi connectivity index (χ3n) is 2.22. The number of H-pyrrole nitrogens is 1. The summed E-state index contributed by atoms with van der Waals surface area (Å²) in [7, 11) is -3.77. The van der Waals surface area contributed by atoms with Crippen molar-refractivity contribution in [3.05, 3.63) is 39.7 Å². The summed E-state index contributed by atoms with van der Waals surface area (Å²) in [4.78, 5) is 14.3. The first-order chi connectivity index (χ1) is 9.57. The molecule has 7 nitrogen and oxygen atoms in total. The zero-order valence-corrected chi connectivity index (χ0v) is 13.8. The van der Waals surface area contributed by atoms with Crippen molar-refractivity contribution < 1.29 is 8.42 Å². The van der Waals surface area contributed by atoms with E-state index in [1.165, 1.54) is 0 Å². The number of nitrogens with zero attached hydrogens (tertiary/aromatic N) is 3. The van der Waals surface area contributed by atoms with Crippen molar-refractivity contribution in [1.82, 2.24) is 19.9 Å². The van der Waals surface area contributed by atoms with Crippen LogP contribution in [0.2, 0.25) is 0 Å². The zero-order valence-electron chi connectivity index (χ0n) is 12.2. The number of aryl methyl sites for hydroxylation is 4. The van der Waals surface area contributed by atoms with Gasteiger partial charge in [0.15, 0.2) is 4.77 Å². The van der Waals surface area contributed by atoms with E-state index in [0.717, 1.165) is 11.4 Å². The maximum Gasteiger partial charge on any atom is 0.273 e. The van der Waals surface area contributed by atoms with E-state index < -0.39 is 10.0 Å². The lowest BCUT2D eigenvalue weighted by Crippen LogP contribution is -2.16. The van der Waals surface area contributed by atoms with Gasteiger partial charge in [0.05, 0.1) is 0 Å². The minimum atomic E-state index is -3.77. The molecule has 2 heterocycles. The van der Waals surface area contributed by atoms with Gasteiger partial charge < -0.3 is 4.98 Å². The highest BCUT2D eigenvalue weighted by Crippen LogP contribution is 2.02. The van der Waals surface area contributed by atoms with Crippen LogP contribution in [0.5, 0.6) is 0 Å². The highest BCUT2D eigenvalue weighted by atomic mass is 32.2. The van der Waals surface area contributed by atoms with Gasteiger partial charge in [-0.25, -0.2) is 28.5 Å². The highest BCUT2D eigenvalue weighted by molar-refractivity contribution is 7.89. The standard InChI is InChI=1S/C6H9N3O2S.C6H8N2S/c1-4-3-5(2)9-6(8-4)12(7,10)11;1-4-3-5(2)8-6(9)7-4/h3H,1-2H3,(H2,7,10,11);3H,1-2H3,(H,7,8,9). The predicted octanol–water partition coefficient (Wildman–Crippen LogP) is 1.50. The van der Waals surface area contributed by atoms with E-state index in [0.29, 0.717) is 16.2 Å². The van der Waals surface area contributed by atoms with Gasteiger partial charge in [-0.3, -0.25) is 0 Å². The van der Waals surface area contributed by atoms with Crippen molar-refractivity contribution in [3.63, 3.8) is 0 Å². The second-order valence-electron chi connectivity index (χ2n) is 4.49. The summed E-state index contributed by atoms with van der Waals surface area (Å²) in [5, 5.41) is 4.52. The zero-order chi connectivity index (χ0) is 16.2. The lowest BCUT2D eigenvalue weighted by molar-refractivity contribution is 0.587. The van der Waals surface area contributed by atoms with Crippen LogP contribution in [0.15, 0.2) is 17.3 Å². The van der Waals surface area contributed by atoms with Gasteiger partial charge >= 0.3 is 0 Å². The highest BCUT2D eigenvalue weighted by Gasteiger charge is 2.11. The molecule has 0 amide bonds. The third kappa shape index (κ3) is 6.06. The first kappa shape index (κ1) is 17.3. The first-order valence-corrected chi connectivity index (χ1v) is 7.93. The van der Waals surface area contributed by atoms with Crippen molar-refractivity contribution in [2.45, 2.75) is 32.9 Å². The van der Waals surface area contributed by atoms with Crippen LogP contribution in [0.4, 0.5) is 0 Å². The van der Waals surface area contributed by atoms with E-state index in [9.17, 15) is 8.42 Å². The van der Waals surface area contributed by atoms with Gasteiger partial charge in [0.25, 0.3) is 15.2 Å². The number of primary sulfonamides is 1. The van der Waals surface area contributed by atoms with E-state index in [1.54, 1.807) is 19.9 Å². The third-order valence-corrected chi connectivity index (χ3v) is 3.11. The van der Waals surface area contributed by atoms with Gasteiger partial charge in [-0.15, -0.1) is 0 Å². The summed E-state index contributed by atoms with van der Waals surface area (Å²) in [5.41, 5.74) is 3.21. The van der Waals surface area contributed by atoms with E-state index in [1.807, 2.05) is 19.9 Å². The number of nitrogens with two attached hydrogens (primary N) is 1. The molecule has 114 valence electrons. The predicted molar refractivity (Wildman–Crippen MR) is 81.8 cm³/mol. The van der Waals surface area contributed by atoms with Crippen LogP contribution in [0.25, 0.3) is 0 Å². The molecule has 2 aromatic heterocycles. The molecule has 0 saturated carbocycles. The molecule has 3 N–H and O–H groups in total. The molecule has 0 aromatic carbocycles. The molecule has 0 spiro atoms. The number of aromatic amines is 1. The van der Waals surface area contributed by atoms with Crippen LogP contribution < -0.4 is 5.14 Å². The maximum absolute atomic E-state index is 10.8. The quantitative estimate of drug-likeness (QED) is 0.606. The normalized spacial score (nSPS) is 10.7. The smallest absolute Gasteiger partial charge is 0.273 e. The number of rotatable bonds is 1. The first-order valence-electron chi connectivity index (χ1n) is 5.97. The largest absolute Gasteiger partial charge is 0.335 e. The Labute approximate surface area is 128 Å². The summed E-state index contributed by atoms with van der Waals surface area (Å²) in [6.45, 7) is 7.26. The van der Waals surface area contributed by atoms with Gasteiger partial charge in [0.2, 0.25) is 0 Å². The molecule has 9 heteroatoms. The Hall–Kier alpha value is -1.71. The fourth-order valence-corrected chi connectivity index (χ4v) is 2.41. The minimum Gasteiger partial charge on any atom is -0.335 e. The summed E-state index contributed by atoms with van der Waals surface area (Å²) in [6, 6.07) is 3.63. The number of nitrogens with one attached hydrogen (secondary N) is 1. The van der Waals surface area contributed by atoms with Crippen molar-refractivity contribution in [1.29, 1.82) is 0 Å². The molecule has 2 rings (SSSR count). The van der Waals surface area contributed by atoms with Gasteiger partial charge in [0, 0.05) is 22.8 Å². The Balaban J connectivity index is 0.000000219. The SMILES string of the molecule is Cc1cc(C)[nH]c(=S)n1.Cc1cc(C)nc(S(N)(=O)=O)n1. The van der Waals surface area contributed by atoms with Crippen molar-refractivity contribution in [3.8, 4) is 0 Å². The van der Waals surface area contributed by atoms with Gasteiger partial charge in [-0.05, 0) is 52.0 Å². The van der Waals surface area contributed by atoms with E-state index in [2.05, 4.69) is 19.9 Å². The molecule has 0 fully saturated rings. The molecule has 0 bridgehead atoms. The van der Waals surface area contributed by atoms with E-state index >= 15 is 0 Å². The molecule has 0 aliphatic heterocycles. The average Bonchev–Trinajstić information content (AvgIpc) is 2.24. The molecule has 0 atom stereocenters. The molecule has 0 aliphatic rings. The topological polar surface area (TPSA) is 115 Å². The van der Waals surface area contributed by atoms with Crippen LogP contribution in [-0.4, -0.2) is 28.4 Å². The average molecular weight is 327 g/mol. The van der Waals surface area contributed by atoms with Gasteiger partial charge in [0.1, 0.15) is 0 Å². The fourth-order valence-electron chi connectivity index (χ4n) is 1.56. The van der Waals surface area contributed by atoms with Gasteiger partial charge in [-0.2, -0.15) is 0 Å². The summed E-state index contributed by atoms with van der Waals surface area (Å²) in [6.07, 6.45) is 0. The van der Waals surface area contributed by atoms with E-state index in [-0.39, 0.29) is 5.16 Å². The van der Waals surface area contributed by atoms with Crippen LogP contribution in [0.1, 0.15) is 22.8 Å². The molecule has 21 heavy (non-hydrogen) atoms. The number of hydrogen-bond donors (Lipinski definition) is 2. The molecular formula is C12H17N5O2S2. The molecule has 0 saturated heterocycles. The Morgan fingerprint density at radius 2 is 1.48 bits per heavy atom. The number of sulfonamides is 1. The maximum atomic E-state index is 10.8. The lowest BCUT2D eigenvalue weighted by Gasteiger charge is -1.99. The van der Waals surface area contributed by atoms with Crippen LogP contribution >= 0.6 is 12.2 Å². The van der Waals surface area contributed by atoms with Crippen LogP contribution in [-0.2, 0) is 10.0 Å². The molecule has 2 aromatic rings. The summed E-state index contributed by atoms with van der Waals surface area (Å²) < 4.78 is 22.1. The van der Waals surface area contributed by atoms with Crippen molar-refractivity contribution in [2.75, 3.05) is 0 Å². The van der Waals surface area contributed by atoms with Crippen molar-refractivity contribution >= 4 is 22.2 Å². The van der Waals surface area contributed by atoms with Gasteiger partial charge in [-0.1, -0.05) is 0 Å². The van der Waals surface area contributed by atoms with Crippen molar-refractivity contribution in [2.24, 2.45) is 5.14 Å². The number of aromatic nitrogens is 4. The Bertz CT molecular complexity index is 756. The second-order valence-corrected chi connectivity index (χ2v) is 6.33. The molecule has 0 aliphatic carbocycles. The summed E-state index contributed by atoms with van der Waals surface area (Å²) >= 11 is 4.82. The Morgan fingerprint density at radius 1 is 1.00 bits per heavy atom. The minimum absolute atomic E-state index is 0.319. The Morgan fingerprint density at radius 3 is 1.86 bits per heavy atom. The molecule has 0 radical (unpaired) electrons. The second kappa shape index (κ2) is 6.83. The summed E-state index contributed by atoms with van der Waals surface area (Å²) in [5.74, 6) is 0. The van der Waals surface area contributed by atoms with E-state index in [4.69, 9.17) is 17.4 Å². The molecule has 0 unspecified atom stereocenters. The Kier molecular flexibility index (Phi) is 5.64. The fraction of sp³-hybridized carbons (Fsp3) is 0.333.